The molecule has 1 atom stereocenters. The molecule has 1 aromatic carbocycles. The highest BCUT2D eigenvalue weighted by Crippen LogP contribution is 2.40. The molecule has 1 heterocycles. The molecular weight excluding hydrogens is 347 g/mol. The molecule has 1 saturated heterocycles. The van der Waals surface area contributed by atoms with E-state index in [-0.39, 0.29) is 19.4 Å². The van der Waals surface area contributed by atoms with Crippen molar-refractivity contribution < 1.29 is 31.5 Å². The predicted octanol–water partition coefficient (Wildman–Crippen LogP) is 2.60. The number of alkyl halides is 3. The molecule has 0 saturated carbocycles. The van der Waals surface area contributed by atoms with Gasteiger partial charge in [0.15, 0.2) is 0 Å². The van der Waals surface area contributed by atoms with E-state index in [4.69, 9.17) is 16.7 Å². The van der Waals surface area contributed by atoms with Crippen LogP contribution in [0.5, 0.6) is 0 Å². The first-order valence-electron chi connectivity index (χ1n) is 6.17. The molecule has 0 amide bonds. The summed E-state index contributed by atoms with van der Waals surface area (Å²) in [6.07, 6.45) is -4.63. The van der Waals surface area contributed by atoms with Crippen molar-refractivity contribution in [1.29, 1.82) is 0 Å². The fraction of sp³-hybridized carbons (Fsp3) is 0.417. The van der Waals surface area contributed by atoms with E-state index in [1.165, 1.54) is 0 Å². The Morgan fingerprint density at radius 2 is 2.00 bits per heavy atom. The van der Waals surface area contributed by atoms with Crippen LogP contribution in [-0.2, 0) is 21.0 Å². The van der Waals surface area contributed by atoms with Gasteiger partial charge >= 0.3 is 12.1 Å². The van der Waals surface area contributed by atoms with Gasteiger partial charge in [0.1, 0.15) is 10.9 Å². The van der Waals surface area contributed by atoms with Gasteiger partial charge in [0.2, 0.25) is 10.0 Å². The number of carboxylic acids is 1. The first kappa shape index (κ1) is 17.0. The summed E-state index contributed by atoms with van der Waals surface area (Å²) in [6.45, 7) is -0.165. The average molecular weight is 358 g/mol. The van der Waals surface area contributed by atoms with Gasteiger partial charge in [0, 0.05) is 6.54 Å². The number of sulfonamides is 1. The summed E-state index contributed by atoms with van der Waals surface area (Å²) < 4.78 is 64.7. The Labute approximate surface area is 129 Å². The first-order valence-corrected chi connectivity index (χ1v) is 7.99. The number of carbonyl (C=O) groups is 1. The van der Waals surface area contributed by atoms with Gasteiger partial charge in [0.05, 0.1) is 10.6 Å². The van der Waals surface area contributed by atoms with Gasteiger partial charge < -0.3 is 5.11 Å². The summed E-state index contributed by atoms with van der Waals surface area (Å²) in [6, 6.07) is 1.23. The molecule has 2 rings (SSSR count). The SMILES string of the molecule is O=C(O)C1CCCN1S(=O)(=O)c1c(Cl)cccc1C(F)(F)F. The number of benzene rings is 1. The van der Waals surface area contributed by atoms with Crippen molar-refractivity contribution in [3.05, 3.63) is 28.8 Å². The Bertz CT molecular complexity index is 705. The number of aliphatic carboxylic acids is 1. The fourth-order valence-corrected chi connectivity index (χ4v) is 4.76. The Hall–Kier alpha value is -1.32. The van der Waals surface area contributed by atoms with Gasteiger partial charge in [-0.15, -0.1) is 0 Å². The lowest BCUT2D eigenvalue weighted by atomic mass is 10.2. The van der Waals surface area contributed by atoms with Crippen molar-refractivity contribution in [3.63, 3.8) is 0 Å². The van der Waals surface area contributed by atoms with Gasteiger partial charge in [-0.3, -0.25) is 4.79 Å². The maximum atomic E-state index is 13.0. The predicted molar refractivity (Wildman–Crippen MR) is 71.0 cm³/mol. The van der Waals surface area contributed by atoms with E-state index in [0.717, 1.165) is 12.1 Å². The van der Waals surface area contributed by atoms with Crippen LogP contribution in [0.25, 0.3) is 0 Å². The molecule has 0 radical (unpaired) electrons. The van der Waals surface area contributed by atoms with Crippen molar-refractivity contribution in [2.24, 2.45) is 0 Å². The molecule has 0 aromatic heterocycles. The second-order valence-electron chi connectivity index (χ2n) is 4.73. The Kier molecular flexibility index (Phi) is 4.42. The molecule has 1 aromatic rings. The lowest BCUT2D eigenvalue weighted by Gasteiger charge is -2.23. The molecule has 122 valence electrons. The third-order valence-corrected chi connectivity index (χ3v) is 5.77. The van der Waals surface area contributed by atoms with Gasteiger partial charge in [-0.2, -0.15) is 17.5 Å². The summed E-state index contributed by atoms with van der Waals surface area (Å²) in [5.41, 5.74) is -1.41. The molecule has 0 bridgehead atoms. The van der Waals surface area contributed by atoms with Crippen molar-refractivity contribution in [1.82, 2.24) is 4.31 Å². The van der Waals surface area contributed by atoms with Crippen LogP contribution in [0, 0.1) is 0 Å². The maximum absolute atomic E-state index is 13.0. The first-order chi connectivity index (χ1) is 10.1. The molecule has 5 nitrogen and oxygen atoms in total. The smallest absolute Gasteiger partial charge is 0.417 e. The number of carboxylic acid groups (broad SMARTS) is 1. The molecule has 10 heteroatoms. The zero-order valence-electron chi connectivity index (χ0n) is 11.0. The normalized spacial score (nSPS) is 20.3. The van der Waals surface area contributed by atoms with E-state index in [1.54, 1.807) is 0 Å². The van der Waals surface area contributed by atoms with Crippen molar-refractivity contribution in [2.75, 3.05) is 6.54 Å². The zero-order chi connectivity index (χ0) is 16.7. The van der Waals surface area contributed by atoms with Crippen LogP contribution in [0.2, 0.25) is 5.02 Å². The molecule has 1 N–H and O–H groups in total. The summed E-state index contributed by atoms with van der Waals surface area (Å²) in [5, 5.41) is 8.44. The Balaban J connectivity index is 2.62. The van der Waals surface area contributed by atoms with Crippen LogP contribution in [0.1, 0.15) is 18.4 Å². The number of hydrogen-bond donors (Lipinski definition) is 1. The van der Waals surface area contributed by atoms with Crippen molar-refractivity contribution >= 4 is 27.6 Å². The number of hydrogen-bond acceptors (Lipinski definition) is 3. The van der Waals surface area contributed by atoms with E-state index < -0.39 is 43.7 Å². The van der Waals surface area contributed by atoms with Gasteiger partial charge in [-0.25, -0.2) is 8.42 Å². The summed E-state index contributed by atoms with van der Waals surface area (Å²) in [4.78, 5) is 10.00. The second-order valence-corrected chi connectivity index (χ2v) is 6.96. The number of rotatable bonds is 3. The van der Waals surface area contributed by atoms with Crippen LogP contribution in [-0.4, -0.2) is 36.4 Å². The topological polar surface area (TPSA) is 74.7 Å². The van der Waals surface area contributed by atoms with Gasteiger partial charge in [-0.1, -0.05) is 17.7 Å². The van der Waals surface area contributed by atoms with E-state index in [9.17, 15) is 26.4 Å². The zero-order valence-corrected chi connectivity index (χ0v) is 12.5. The van der Waals surface area contributed by atoms with E-state index >= 15 is 0 Å². The quantitative estimate of drug-likeness (QED) is 0.902. The van der Waals surface area contributed by atoms with Gasteiger partial charge in [-0.05, 0) is 25.0 Å². The maximum Gasteiger partial charge on any atom is 0.417 e. The van der Waals surface area contributed by atoms with Gasteiger partial charge in [0.25, 0.3) is 0 Å². The van der Waals surface area contributed by atoms with Crippen LogP contribution in [0.15, 0.2) is 23.1 Å². The summed E-state index contributed by atoms with van der Waals surface area (Å²) in [7, 11) is -4.68. The highest BCUT2D eigenvalue weighted by atomic mass is 35.5. The van der Waals surface area contributed by atoms with Crippen LogP contribution in [0.4, 0.5) is 13.2 Å². The minimum Gasteiger partial charge on any atom is -0.480 e. The second kappa shape index (κ2) is 5.71. The molecule has 1 unspecified atom stereocenters. The third-order valence-electron chi connectivity index (χ3n) is 3.33. The minimum absolute atomic E-state index is 0.0420. The number of nitrogens with zero attached hydrogens (tertiary/aromatic N) is 1. The lowest BCUT2D eigenvalue weighted by molar-refractivity contribution is -0.140. The highest BCUT2D eigenvalue weighted by Gasteiger charge is 2.45. The molecule has 1 aliphatic rings. The average Bonchev–Trinajstić information content (AvgIpc) is 2.87. The molecular formula is C12H11ClF3NO4S. The molecule has 1 fully saturated rings. The Morgan fingerprint density at radius 1 is 1.36 bits per heavy atom. The van der Waals surface area contributed by atoms with Crippen molar-refractivity contribution in [2.45, 2.75) is 30.0 Å². The largest absolute Gasteiger partial charge is 0.480 e. The van der Waals surface area contributed by atoms with E-state index in [2.05, 4.69) is 0 Å². The summed E-state index contributed by atoms with van der Waals surface area (Å²) in [5.74, 6) is -1.40. The Morgan fingerprint density at radius 3 is 2.55 bits per heavy atom. The molecule has 1 aliphatic heterocycles. The minimum atomic E-state index is -4.92. The molecule has 22 heavy (non-hydrogen) atoms. The summed E-state index contributed by atoms with van der Waals surface area (Å²) >= 11 is 5.67. The monoisotopic (exact) mass is 357 g/mol. The number of halogens is 4. The standard InChI is InChI=1S/C12H11ClF3NO4S/c13-8-4-1-3-7(12(14,15)16)10(8)22(20,21)17-6-2-5-9(17)11(18)19/h1,3-4,9H,2,5-6H2,(H,18,19). The van der Waals surface area contributed by atoms with E-state index in [1.807, 2.05) is 0 Å². The fourth-order valence-electron chi connectivity index (χ4n) is 2.39. The highest BCUT2D eigenvalue weighted by molar-refractivity contribution is 7.89. The third kappa shape index (κ3) is 2.92. The van der Waals surface area contributed by atoms with Crippen LogP contribution in [0.3, 0.4) is 0 Å². The molecule has 0 aliphatic carbocycles. The van der Waals surface area contributed by atoms with Crippen LogP contribution >= 0.6 is 11.6 Å². The van der Waals surface area contributed by atoms with Crippen LogP contribution < -0.4 is 0 Å². The van der Waals surface area contributed by atoms with E-state index in [0.29, 0.717) is 10.4 Å². The lowest BCUT2D eigenvalue weighted by Crippen LogP contribution is -2.41. The molecule has 0 spiro atoms. The van der Waals surface area contributed by atoms with Crippen molar-refractivity contribution in [3.8, 4) is 0 Å².